The van der Waals surface area contributed by atoms with Crippen LogP contribution in [0.4, 0.5) is 0 Å². The Kier molecular flexibility index (Phi) is 5.24. The fraction of sp³-hybridized carbons (Fsp3) is 0.500. The predicted octanol–water partition coefficient (Wildman–Crippen LogP) is 3.63. The van der Waals surface area contributed by atoms with Gasteiger partial charge in [-0.3, -0.25) is 0 Å². The molecule has 0 aliphatic rings. The van der Waals surface area contributed by atoms with E-state index in [0.717, 1.165) is 0 Å². The van der Waals surface area contributed by atoms with E-state index in [1.807, 2.05) is 0 Å². The van der Waals surface area contributed by atoms with E-state index >= 15 is 0 Å². The fourth-order valence-corrected chi connectivity index (χ4v) is 1.41. The summed E-state index contributed by atoms with van der Waals surface area (Å²) in [6.45, 7) is 11.0. The van der Waals surface area contributed by atoms with Gasteiger partial charge >= 0.3 is 27.5 Å². The molecule has 0 saturated heterocycles. The van der Waals surface area contributed by atoms with Crippen molar-refractivity contribution >= 4 is 9.58 Å². The molecule has 0 N–H and O–H groups in total. The Hall–Kier alpha value is 0.289. The number of hydrogen-bond donors (Lipinski definition) is 0. The zero-order valence-corrected chi connectivity index (χ0v) is 11.4. The zero-order chi connectivity index (χ0) is 9.89. The molecule has 12 heavy (non-hydrogen) atoms. The summed E-state index contributed by atoms with van der Waals surface area (Å²) in [6.07, 6.45) is 0. The van der Waals surface area contributed by atoms with Crippen LogP contribution in [0.5, 0.6) is 0 Å². The molecule has 0 saturated carbocycles. The van der Waals surface area contributed by atoms with Crippen LogP contribution in [0.1, 0.15) is 27.8 Å². The third-order valence-electron chi connectivity index (χ3n) is 2.81. The molecule has 0 aliphatic heterocycles. The van der Waals surface area contributed by atoms with Gasteiger partial charge in [0.15, 0.2) is 0 Å². The van der Waals surface area contributed by atoms with Gasteiger partial charge in [0.05, 0.1) is 0 Å². The van der Waals surface area contributed by atoms with Crippen LogP contribution in [0.25, 0.3) is 0 Å². The Morgan fingerprint density at radius 3 is 1.25 bits per heavy atom. The minimum absolute atomic E-state index is 1.47. The molecule has 2 heteroatoms. The molecule has 0 amide bonds. The van der Waals surface area contributed by atoms with Crippen LogP contribution in [-0.4, -0.2) is 0 Å². The first kappa shape index (κ1) is 12.3. The van der Waals surface area contributed by atoms with Crippen LogP contribution < -0.4 is 0 Å². The van der Waals surface area contributed by atoms with Crippen molar-refractivity contribution in [2.24, 2.45) is 0 Å². The second-order valence-corrected chi connectivity index (χ2v) is 3.12. The molecule has 0 fully saturated rings. The van der Waals surface area contributed by atoms with Crippen LogP contribution in [-0.2, 0) is 17.9 Å². The first-order chi connectivity index (χ1) is 5.55. The minimum atomic E-state index is 1.47. The first-order valence-electron chi connectivity index (χ1n) is 3.88. The van der Waals surface area contributed by atoms with Crippen LogP contribution >= 0.6 is 9.58 Å². The summed E-state index contributed by atoms with van der Waals surface area (Å²) in [4.78, 5) is 0. The molecule has 70 valence electrons. The summed E-state index contributed by atoms with van der Waals surface area (Å²) < 4.78 is 0. The van der Waals surface area contributed by atoms with Gasteiger partial charge < -0.3 is 0 Å². The van der Waals surface area contributed by atoms with Gasteiger partial charge in [0.2, 0.25) is 0 Å². The molecule has 0 spiro atoms. The third-order valence-corrected chi connectivity index (χ3v) is 2.81. The van der Waals surface area contributed by atoms with Crippen molar-refractivity contribution < 1.29 is 17.9 Å². The van der Waals surface area contributed by atoms with E-state index in [2.05, 4.69) is 44.2 Å². The Labute approximate surface area is 89.8 Å². The molecule has 1 aromatic rings. The van der Waals surface area contributed by atoms with Gasteiger partial charge in [-0.15, -0.1) is 0 Å². The second kappa shape index (κ2) is 5.11. The summed E-state index contributed by atoms with van der Waals surface area (Å²) in [5.74, 6) is 0. The predicted molar refractivity (Wildman–Crippen MR) is 51.6 cm³/mol. The van der Waals surface area contributed by atoms with Gasteiger partial charge in [-0.25, -0.2) is 0 Å². The molecule has 0 aromatic heterocycles. The Balaban J connectivity index is 0.000000561. The van der Waals surface area contributed by atoms with E-state index < -0.39 is 0 Å². The molecular weight excluding hydrogens is 348 g/mol. The quantitative estimate of drug-likeness (QED) is 0.618. The Bertz CT molecular complexity index is 181. The molecular formula is C10H15ClIr+. The number of halogens is 1. The van der Waals surface area contributed by atoms with Crippen LogP contribution in [0.3, 0.4) is 0 Å². The molecule has 1 aromatic carbocycles. The Morgan fingerprint density at radius 2 is 1.17 bits per heavy atom. The topological polar surface area (TPSA) is 0 Å². The van der Waals surface area contributed by atoms with Gasteiger partial charge in [-0.1, -0.05) is 34.6 Å². The maximum absolute atomic E-state index is 4.64. The van der Waals surface area contributed by atoms with Crippen molar-refractivity contribution in [2.75, 3.05) is 0 Å². The average molecular weight is 363 g/mol. The van der Waals surface area contributed by atoms with Gasteiger partial charge in [-0.2, -0.15) is 27.8 Å². The molecule has 0 bridgehead atoms. The van der Waals surface area contributed by atoms with E-state index in [-0.39, 0.29) is 0 Å². The van der Waals surface area contributed by atoms with E-state index in [4.69, 9.17) is 0 Å². The molecule has 0 radical (unpaired) electrons. The molecule has 0 nitrogen and oxygen atoms in total. The summed E-state index contributed by atoms with van der Waals surface area (Å²) in [5.41, 5.74) is 7.34. The average Bonchev–Trinajstić information content (AvgIpc) is 2.27. The SMILES string of the molecule is Cc1c(C)c(C)[c-](C)c1C.[Cl][Ir+2]. The summed E-state index contributed by atoms with van der Waals surface area (Å²) in [6, 6.07) is 0. The van der Waals surface area contributed by atoms with Crippen molar-refractivity contribution in [1.29, 1.82) is 0 Å². The second-order valence-electron chi connectivity index (χ2n) is 3.12. The number of hydrogen-bond acceptors (Lipinski definition) is 0. The molecule has 0 unspecified atom stereocenters. The standard InChI is InChI=1S/C10H15.ClH.Ir/c1-6-7(2)9(4)10(5)8(6)3;;/h1-5H3;1H;/q-1;;+3/p-1. The van der Waals surface area contributed by atoms with E-state index in [9.17, 15) is 0 Å². The first-order valence-corrected chi connectivity index (χ1v) is 6.84. The zero-order valence-electron chi connectivity index (χ0n) is 8.21. The molecule has 1 rings (SSSR count). The van der Waals surface area contributed by atoms with Crippen LogP contribution in [0.15, 0.2) is 0 Å². The van der Waals surface area contributed by atoms with E-state index in [1.54, 1.807) is 0 Å². The van der Waals surface area contributed by atoms with Crippen molar-refractivity contribution in [3.63, 3.8) is 0 Å². The van der Waals surface area contributed by atoms with Gasteiger partial charge in [0.25, 0.3) is 0 Å². The molecule has 0 heterocycles. The number of rotatable bonds is 0. The summed E-state index contributed by atoms with van der Waals surface area (Å²) >= 11 is 1.47. The van der Waals surface area contributed by atoms with E-state index in [0.29, 0.717) is 0 Å². The third kappa shape index (κ3) is 2.16. The fourth-order valence-electron chi connectivity index (χ4n) is 1.41. The van der Waals surface area contributed by atoms with Crippen LogP contribution in [0.2, 0.25) is 0 Å². The van der Waals surface area contributed by atoms with Crippen molar-refractivity contribution in [3.05, 3.63) is 27.8 Å². The van der Waals surface area contributed by atoms with E-state index in [1.165, 1.54) is 45.7 Å². The summed E-state index contributed by atoms with van der Waals surface area (Å²) in [7, 11) is 4.64. The normalized spacial score (nSPS) is 9.25. The van der Waals surface area contributed by atoms with Gasteiger partial charge in [-0.05, 0) is 0 Å². The molecule has 0 atom stereocenters. The maximum atomic E-state index is 4.64. The van der Waals surface area contributed by atoms with Crippen LogP contribution in [0, 0.1) is 34.6 Å². The van der Waals surface area contributed by atoms with Gasteiger partial charge in [0.1, 0.15) is 0 Å². The summed E-state index contributed by atoms with van der Waals surface area (Å²) in [5, 5.41) is 0. The van der Waals surface area contributed by atoms with Crippen molar-refractivity contribution in [3.8, 4) is 0 Å². The Morgan fingerprint density at radius 1 is 0.917 bits per heavy atom. The monoisotopic (exact) mass is 363 g/mol. The van der Waals surface area contributed by atoms with Crippen molar-refractivity contribution in [2.45, 2.75) is 34.6 Å². The molecule has 0 aliphatic carbocycles. The van der Waals surface area contributed by atoms with Crippen molar-refractivity contribution in [1.82, 2.24) is 0 Å². The van der Waals surface area contributed by atoms with Gasteiger partial charge in [0, 0.05) is 0 Å².